The number of rotatable bonds is 6. The number of nitrogens with one attached hydrogen (secondary N) is 2. The molecule has 4 N–H and O–H groups in total. The van der Waals surface area contributed by atoms with Crippen LogP contribution in [0, 0.1) is 11.6 Å². The van der Waals surface area contributed by atoms with Crippen LogP contribution in [0.1, 0.15) is 0 Å². The number of carbonyl (C=O) groups is 2. The van der Waals surface area contributed by atoms with Crippen molar-refractivity contribution in [3.8, 4) is 11.1 Å². The molecule has 4 aromatic rings. The highest BCUT2D eigenvalue weighted by Crippen LogP contribution is 2.39. The summed E-state index contributed by atoms with van der Waals surface area (Å²) in [5.41, 5.74) is 0.641. The van der Waals surface area contributed by atoms with Gasteiger partial charge in [0, 0.05) is 49.5 Å². The van der Waals surface area contributed by atoms with E-state index in [0.29, 0.717) is 15.1 Å². The van der Waals surface area contributed by atoms with E-state index in [-0.39, 0.29) is 58.0 Å². The van der Waals surface area contributed by atoms with Crippen molar-refractivity contribution in [1.82, 2.24) is 0 Å². The molecule has 0 fully saturated rings. The van der Waals surface area contributed by atoms with Crippen LogP contribution in [0.15, 0.2) is 111 Å². The SMILES string of the molecule is Fc1cc(Cl)ccc1Br.O=C(Nc1ccccc1-c1ccc(Cl)cc1F)C1=C(C(F)(F)F)OCCS1.O=C(Nc1ccccc1B(O)O)C1=C(C(F)(F)F)OCCS1. The molecule has 22 heteroatoms. The Morgan fingerprint density at radius 3 is 1.62 bits per heavy atom. The lowest BCUT2D eigenvalue weighted by Crippen LogP contribution is -2.34. The fourth-order valence-corrected chi connectivity index (χ4v) is 7.08. The molecule has 2 amide bonds. The largest absolute Gasteiger partial charge is 0.490 e. The molecule has 0 aliphatic carbocycles. The number of allylic oxidation sites excluding steroid dienone is 2. The van der Waals surface area contributed by atoms with E-state index < -0.39 is 58.4 Å². The van der Waals surface area contributed by atoms with Gasteiger partial charge in [0.2, 0.25) is 11.5 Å². The van der Waals surface area contributed by atoms with E-state index >= 15 is 0 Å². The maximum atomic E-state index is 14.2. The lowest BCUT2D eigenvalue weighted by atomic mass is 9.79. The average molecular weight is 960 g/mol. The highest BCUT2D eigenvalue weighted by molar-refractivity contribution is 9.10. The van der Waals surface area contributed by atoms with Gasteiger partial charge in [-0.3, -0.25) is 9.59 Å². The molecular formula is C36H26BBrCl2F8N2O6S2. The standard InChI is InChI=1S/C18H12ClF4NO2S.C12H11BF3NO4S.C6H3BrClF/c19-10-5-6-11(13(20)9-10)12-3-1-2-4-14(12)24-17(25)15-16(18(21,22)23)26-7-8-27-15;14-12(15,16)10-9(22-6-5-21-10)11(18)17-8-4-2-1-3-7(8)13(19)20;7-5-2-1-4(8)3-6(5)9/h1-6,9H,7-8H2,(H,24,25);1-4,19-20H,5-6H2,(H,17,18);1-3H. The summed E-state index contributed by atoms with van der Waals surface area (Å²) in [4.78, 5) is 23.4. The molecular weight excluding hydrogens is 934 g/mol. The number of benzene rings is 4. The van der Waals surface area contributed by atoms with Gasteiger partial charge in [-0.2, -0.15) is 26.3 Å². The zero-order valence-corrected chi connectivity index (χ0v) is 33.7. The summed E-state index contributed by atoms with van der Waals surface area (Å²) in [7, 11) is -1.86. The van der Waals surface area contributed by atoms with Crippen molar-refractivity contribution in [3.05, 3.63) is 132 Å². The lowest BCUT2D eigenvalue weighted by molar-refractivity contribution is -0.133. The molecule has 0 atom stereocenters. The summed E-state index contributed by atoms with van der Waals surface area (Å²) >= 11 is 15.7. The highest BCUT2D eigenvalue weighted by atomic mass is 79.9. The molecule has 0 bridgehead atoms. The van der Waals surface area contributed by atoms with E-state index in [9.17, 15) is 54.8 Å². The number of hydrogen-bond acceptors (Lipinski definition) is 8. The first-order valence-corrected chi connectivity index (χ1v) is 19.7. The van der Waals surface area contributed by atoms with Crippen LogP contribution in [-0.2, 0) is 19.1 Å². The Bertz CT molecular complexity index is 2200. The van der Waals surface area contributed by atoms with Gasteiger partial charge in [-0.25, -0.2) is 8.78 Å². The van der Waals surface area contributed by atoms with Crippen molar-refractivity contribution in [3.63, 3.8) is 0 Å². The summed E-state index contributed by atoms with van der Waals surface area (Å²) in [5.74, 6) is -5.13. The van der Waals surface area contributed by atoms with Gasteiger partial charge in [-0.15, -0.1) is 23.5 Å². The molecule has 2 aliphatic rings. The number of carbonyl (C=O) groups excluding carboxylic acids is 2. The van der Waals surface area contributed by atoms with E-state index in [4.69, 9.17) is 23.2 Å². The van der Waals surface area contributed by atoms with Crippen molar-refractivity contribution >= 4 is 98.4 Å². The number of thioether (sulfide) groups is 2. The molecule has 2 heterocycles. The fraction of sp³-hybridized carbons (Fsp3) is 0.167. The van der Waals surface area contributed by atoms with Gasteiger partial charge in [0.1, 0.15) is 21.4 Å². The van der Waals surface area contributed by atoms with Crippen LogP contribution in [0.2, 0.25) is 10.0 Å². The van der Waals surface area contributed by atoms with Gasteiger partial charge < -0.3 is 30.2 Å². The van der Waals surface area contributed by atoms with Crippen LogP contribution in [-0.4, -0.2) is 66.1 Å². The smallest absolute Gasteiger partial charge is 0.487 e. The van der Waals surface area contributed by atoms with Crippen molar-refractivity contribution in [2.45, 2.75) is 12.4 Å². The molecule has 0 radical (unpaired) electrons. The van der Waals surface area contributed by atoms with Crippen LogP contribution in [0.3, 0.4) is 0 Å². The van der Waals surface area contributed by atoms with Gasteiger partial charge in [-0.05, 0) is 64.5 Å². The quantitative estimate of drug-likeness (QED) is 0.0859. The number of ether oxygens (including phenoxy) is 2. The first kappa shape index (κ1) is 46.8. The van der Waals surface area contributed by atoms with Crippen molar-refractivity contribution < 1.29 is 64.2 Å². The van der Waals surface area contributed by atoms with Crippen molar-refractivity contribution in [1.29, 1.82) is 0 Å². The zero-order valence-electron chi connectivity index (χ0n) is 29.0. The minimum absolute atomic E-state index is 0.0164. The third kappa shape index (κ3) is 13.0. The molecule has 4 aromatic carbocycles. The van der Waals surface area contributed by atoms with Gasteiger partial charge in [-0.1, -0.05) is 59.6 Å². The van der Waals surface area contributed by atoms with Gasteiger partial charge in [0.15, 0.2) is 0 Å². The predicted octanol–water partition coefficient (Wildman–Crippen LogP) is 9.71. The second-order valence-corrected chi connectivity index (χ2v) is 15.2. The second-order valence-electron chi connectivity index (χ2n) is 11.3. The summed E-state index contributed by atoms with van der Waals surface area (Å²) in [6.07, 6.45) is -9.54. The van der Waals surface area contributed by atoms with Crippen LogP contribution in [0.5, 0.6) is 0 Å². The molecule has 0 spiro atoms. The highest BCUT2D eigenvalue weighted by Gasteiger charge is 2.43. The third-order valence-corrected chi connectivity index (χ3v) is 10.4. The maximum absolute atomic E-state index is 14.2. The minimum Gasteiger partial charge on any atom is -0.487 e. The molecule has 2 aliphatic heterocycles. The molecule has 6 rings (SSSR count). The number of amides is 2. The Morgan fingerprint density at radius 2 is 1.14 bits per heavy atom. The van der Waals surface area contributed by atoms with E-state index in [1.807, 2.05) is 0 Å². The Morgan fingerprint density at radius 1 is 0.672 bits per heavy atom. The number of para-hydroxylation sites is 2. The second kappa shape index (κ2) is 20.9. The Labute approximate surface area is 352 Å². The molecule has 8 nitrogen and oxygen atoms in total. The average Bonchev–Trinajstić information content (AvgIpc) is 3.17. The van der Waals surface area contributed by atoms with E-state index in [1.54, 1.807) is 30.3 Å². The lowest BCUT2D eigenvalue weighted by Gasteiger charge is -2.22. The topological polar surface area (TPSA) is 117 Å². The molecule has 0 aromatic heterocycles. The summed E-state index contributed by atoms with van der Waals surface area (Å²) in [6.45, 7) is -0.273. The Kier molecular flexibility index (Phi) is 16.8. The molecule has 308 valence electrons. The number of halogens is 11. The summed E-state index contributed by atoms with van der Waals surface area (Å²) in [6, 6.07) is 20.4. The van der Waals surface area contributed by atoms with Crippen LogP contribution >= 0.6 is 62.7 Å². The van der Waals surface area contributed by atoms with Gasteiger partial charge in [0.05, 0.1) is 17.7 Å². The van der Waals surface area contributed by atoms with Gasteiger partial charge >= 0.3 is 19.5 Å². The van der Waals surface area contributed by atoms with Crippen molar-refractivity contribution in [2.24, 2.45) is 0 Å². The fourth-order valence-electron chi connectivity index (χ4n) is 4.80. The summed E-state index contributed by atoms with van der Waals surface area (Å²) < 4.78 is 114. The minimum atomic E-state index is -4.78. The van der Waals surface area contributed by atoms with Crippen LogP contribution in [0.25, 0.3) is 11.1 Å². The van der Waals surface area contributed by atoms with E-state index in [0.717, 1.165) is 29.6 Å². The van der Waals surface area contributed by atoms with Crippen molar-refractivity contribution in [2.75, 3.05) is 35.4 Å². The monoisotopic (exact) mass is 958 g/mol. The van der Waals surface area contributed by atoms with Crippen LogP contribution < -0.4 is 16.1 Å². The summed E-state index contributed by atoms with van der Waals surface area (Å²) in [5, 5.41) is 23.7. The van der Waals surface area contributed by atoms with Gasteiger partial charge in [0.25, 0.3) is 11.8 Å². The normalized spacial score (nSPS) is 14.2. The maximum Gasteiger partial charge on any atom is 0.490 e. The molecule has 0 saturated carbocycles. The first-order chi connectivity index (χ1) is 27.3. The van der Waals surface area contributed by atoms with E-state index in [1.165, 1.54) is 48.5 Å². The Hall–Kier alpha value is -3.92. The number of alkyl halides is 6. The number of hydrogen-bond donors (Lipinski definition) is 4. The first-order valence-electron chi connectivity index (χ1n) is 16.1. The Balaban J connectivity index is 0.000000214. The molecule has 0 unspecified atom stereocenters. The number of anilines is 2. The van der Waals surface area contributed by atoms with Crippen LogP contribution in [0.4, 0.5) is 46.5 Å². The van der Waals surface area contributed by atoms with E-state index in [2.05, 4.69) is 36.0 Å². The molecule has 0 saturated heterocycles. The zero-order chi connectivity index (χ0) is 42.8. The third-order valence-electron chi connectivity index (χ3n) is 7.26. The molecule has 58 heavy (non-hydrogen) atoms. The predicted molar refractivity (Wildman–Crippen MR) is 212 cm³/mol.